The van der Waals surface area contributed by atoms with Gasteiger partial charge >= 0.3 is 0 Å². The molecule has 0 bridgehead atoms. The van der Waals surface area contributed by atoms with Crippen LogP contribution in [0.2, 0.25) is 10.0 Å². The fraction of sp³-hybridized carbons (Fsp3) is 0.300. The molecule has 0 unspecified atom stereocenters. The molecule has 1 amide bonds. The zero-order valence-electron chi connectivity index (χ0n) is 24.3. The highest BCUT2D eigenvalue weighted by Gasteiger charge is 2.26. The number of anilines is 2. The summed E-state index contributed by atoms with van der Waals surface area (Å²) in [6, 6.07) is 12.1. The van der Waals surface area contributed by atoms with Crippen LogP contribution in [-0.2, 0) is 19.1 Å². The normalized spacial score (nSPS) is 13.9. The average molecular weight is 680 g/mol. The average Bonchev–Trinajstić information content (AvgIpc) is 3.05. The smallest absolute Gasteiger partial charge is 0.296 e. The Morgan fingerprint density at radius 1 is 1.02 bits per heavy atom. The van der Waals surface area contributed by atoms with E-state index < -0.39 is 15.9 Å². The number of amides is 1. The van der Waals surface area contributed by atoms with Crippen LogP contribution < -0.4 is 19.5 Å². The lowest BCUT2D eigenvalue weighted by atomic mass is 10.1. The van der Waals surface area contributed by atoms with Gasteiger partial charge in [-0.25, -0.2) is 14.4 Å². The van der Waals surface area contributed by atoms with Gasteiger partial charge in [-0.2, -0.15) is 8.42 Å². The van der Waals surface area contributed by atoms with Gasteiger partial charge in [0, 0.05) is 37.4 Å². The van der Waals surface area contributed by atoms with Crippen molar-refractivity contribution in [2.24, 2.45) is 0 Å². The fourth-order valence-electron chi connectivity index (χ4n) is 4.78. The van der Waals surface area contributed by atoms with Gasteiger partial charge in [-0.05, 0) is 42.5 Å². The van der Waals surface area contributed by atoms with Gasteiger partial charge in [0.05, 0.1) is 53.4 Å². The van der Waals surface area contributed by atoms with E-state index in [1.54, 1.807) is 17.0 Å². The Hall–Kier alpha value is -3.91. The molecule has 0 aliphatic carbocycles. The van der Waals surface area contributed by atoms with Crippen molar-refractivity contribution in [1.82, 2.24) is 14.9 Å². The van der Waals surface area contributed by atoms with Crippen molar-refractivity contribution in [3.63, 3.8) is 0 Å². The maximum Gasteiger partial charge on any atom is 0.296 e. The maximum absolute atomic E-state index is 14.7. The third-order valence-corrected chi connectivity index (χ3v) is 9.31. The minimum Gasteiger partial charge on any atom is -0.497 e. The van der Waals surface area contributed by atoms with Crippen molar-refractivity contribution in [3.8, 4) is 17.2 Å². The number of hydrogen-bond donors (Lipinski definition) is 1. The first-order chi connectivity index (χ1) is 21.6. The predicted octanol–water partition coefficient (Wildman–Crippen LogP) is 6.00. The van der Waals surface area contributed by atoms with Gasteiger partial charge in [-0.15, -0.1) is 0 Å². The first kappa shape index (κ1) is 32.5. The van der Waals surface area contributed by atoms with Gasteiger partial charge in [0.2, 0.25) is 5.91 Å². The number of carbonyl (C=O) groups excluding carboxylic acids is 1. The summed E-state index contributed by atoms with van der Waals surface area (Å²) in [5.74, 6) is 0.780. The van der Waals surface area contributed by atoms with E-state index in [0.29, 0.717) is 59.9 Å². The Morgan fingerprint density at radius 3 is 2.44 bits per heavy atom. The fourth-order valence-corrected chi connectivity index (χ4v) is 5.99. The maximum atomic E-state index is 14.7. The monoisotopic (exact) mass is 678 g/mol. The van der Waals surface area contributed by atoms with E-state index in [4.69, 9.17) is 41.6 Å². The summed E-state index contributed by atoms with van der Waals surface area (Å²) in [7, 11) is -1.01. The number of nitrogens with zero attached hydrogens (tertiary/aromatic N) is 3. The molecule has 0 spiro atoms. The summed E-state index contributed by atoms with van der Waals surface area (Å²) in [5.41, 5.74) is 0.622. The molecule has 4 aromatic rings. The van der Waals surface area contributed by atoms with Gasteiger partial charge in [-0.1, -0.05) is 23.2 Å². The lowest BCUT2D eigenvalue weighted by molar-refractivity contribution is -0.133. The first-order valence-electron chi connectivity index (χ1n) is 13.8. The summed E-state index contributed by atoms with van der Waals surface area (Å²) < 4.78 is 61.6. The molecule has 1 aliphatic heterocycles. The van der Waals surface area contributed by atoms with Crippen LogP contribution in [0.4, 0.5) is 15.9 Å². The molecule has 0 saturated carbocycles. The Bertz CT molecular complexity index is 1800. The van der Waals surface area contributed by atoms with Gasteiger partial charge < -0.3 is 24.4 Å². The molecule has 1 saturated heterocycles. The van der Waals surface area contributed by atoms with Crippen molar-refractivity contribution in [2.45, 2.75) is 30.3 Å². The first-order valence-corrected chi connectivity index (χ1v) is 16.0. The van der Waals surface area contributed by atoms with Crippen molar-refractivity contribution in [2.75, 3.05) is 39.2 Å². The molecule has 0 radical (unpaired) electrons. The van der Waals surface area contributed by atoms with E-state index in [1.807, 2.05) is 0 Å². The number of rotatable bonds is 11. The number of fused-ring (bicyclic) bond motifs is 1. The molecular weight excluding hydrogens is 650 g/mol. The molecule has 0 atom stereocenters. The van der Waals surface area contributed by atoms with Gasteiger partial charge in [-0.3, -0.25) is 8.98 Å². The second-order valence-electron chi connectivity index (χ2n) is 9.99. The van der Waals surface area contributed by atoms with Crippen LogP contribution in [0.3, 0.4) is 0 Å². The minimum atomic E-state index is -4.01. The number of likely N-dealkylation sites (tertiary alicyclic amines) is 1. The van der Waals surface area contributed by atoms with Crippen LogP contribution in [0.15, 0.2) is 59.8 Å². The second-order valence-corrected chi connectivity index (χ2v) is 12.4. The van der Waals surface area contributed by atoms with E-state index in [0.717, 1.165) is 0 Å². The van der Waals surface area contributed by atoms with Crippen molar-refractivity contribution >= 4 is 61.6 Å². The van der Waals surface area contributed by atoms with Crippen LogP contribution in [0, 0.1) is 5.82 Å². The van der Waals surface area contributed by atoms with Crippen molar-refractivity contribution < 1.29 is 36.0 Å². The van der Waals surface area contributed by atoms with Gasteiger partial charge in [0.15, 0.2) is 17.3 Å². The van der Waals surface area contributed by atoms with E-state index in [2.05, 4.69) is 15.3 Å². The summed E-state index contributed by atoms with van der Waals surface area (Å²) in [4.78, 5) is 23.0. The van der Waals surface area contributed by atoms with Crippen LogP contribution in [-0.4, -0.2) is 69.2 Å². The number of halogens is 3. The third kappa shape index (κ3) is 7.50. The van der Waals surface area contributed by atoms with Crippen LogP contribution in [0.25, 0.3) is 10.9 Å². The summed E-state index contributed by atoms with van der Waals surface area (Å²) in [5, 5.41) is 3.38. The molecule has 3 aromatic carbocycles. The molecule has 11 nitrogen and oxygen atoms in total. The van der Waals surface area contributed by atoms with Crippen LogP contribution in [0.1, 0.15) is 19.3 Å². The molecule has 238 valence electrons. The summed E-state index contributed by atoms with van der Waals surface area (Å²) in [6.45, 7) is 0.552. The summed E-state index contributed by atoms with van der Waals surface area (Å²) in [6.07, 6.45) is 2.08. The standard InChI is InChI=1S/C30H29Cl2FN4O7S/c1-41-18-3-5-20(6-4-18)45(39,40)43-14-11-27(38)37-12-9-19(10-13-37)44-26-15-21-24(16-25(26)42-2)34-17-35-30(21)36-23-8-7-22(31)28(32)29(23)33/h3-8,15-17,19H,9-14H2,1-2H3,(H,34,35,36). The number of aromatic nitrogens is 2. The number of ether oxygens (including phenoxy) is 3. The van der Waals surface area contributed by atoms with E-state index >= 15 is 0 Å². The topological polar surface area (TPSA) is 129 Å². The number of nitrogens with one attached hydrogen (secondary N) is 1. The van der Waals surface area contributed by atoms with Crippen LogP contribution >= 0.6 is 23.2 Å². The molecule has 1 aliphatic rings. The lowest BCUT2D eigenvalue weighted by Gasteiger charge is -2.32. The highest BCUT2D eigenvalue weighted by molar-refractivity contribution is 7.86. The quantitative estimate of drug-likeness (QED) is 0.149. The Labute approximate surface area is 269 Å². The molecule has 5 rings (SSSR count). The third-order valence-electron chi connectivity index (χ3n) is 7.20. The zero-order valence-corrected chi connectivity index (χ0v) is 26.6. The molecule has 15 heteroatoms. The Kier molecular flexibility index (Phi) is 10.1. The zero-order chi connectivity index (χ0) is 32.1. The van der Waals surface area contributed by atoms with Crippen molar-refractivity contribution in [3.05, 3.63) is 70.7 Å². The number of carbonyl (C=O) groups is 1. The molecule has 1 fully saturated rings. The summed E-state index contributed by atoms with van der Waals surface area (Å²) >= 11 is 11.9. The molecule has 45 heavy (non-hydrogen) atoms. The minimum absolute atomic E-state index is 0.0196. The molecule has 1 N–H and O–H groups in total. The molecule has 2 heterocycles. The second kappa shape index (κ2) is 14.0. The molecule has 1 aromatic heterocycles. The van der Waals surface area contributed by atoms with E-state index in [-0.39, 0.29) is 45.7 Å². The highest BCUT2D eigenvalue weighted by atomic mass is 35.5. The SMILES string of the molecule is COc1ccc(S(=O)(=O)OCCC(=O)N2CCC(Oc3cc4c(Nc5ccc(Cl)c(Cl)c5F)ncnc4cc3OC)CC2)cc1. The van der Waals surface area contributed by atoms with E-state index in [9.17, 15) is 17.6 Å². The lowest BCUT2D eigenvalue weighted by Crippen LogP contribution is -2.42. The Balaban J connectivity index is 1.20. The molecular formula is C30H29Cl2FN4O7S. The van der Waals surface area contributed by atoms with Crippen molar-refractivity contribution in [1.29, 1.82) is 0 Å². The van der Waals surface area contributed by atoms with Gasteiger partial charge in [0.1, 0.15) is 24.0 Å². The number of hydrogen-bond acceptors (Lipinski definition) is 10. The highest BCUT2D eigenvalue weighted by Crippen LogP contribution is 2.37. The predicted molar refractivity (Wildman–Crippen MR) is 167 cm³/mol. The number of benzene rings is 3. The van der Waals surface area contributed by atoms with Crippen LogP contribution in [0.5, 0.6) is 17.2 Å². The largest absolute Gasteiger partial charge is 0.497 e. The Morgan fingerprint density at radius 2 is 1.76 bits per heavy atom. The number of piperidine rings is 1. The number of methoxy groups -OCH3 is 2. The van der Waals surface area contributed by atoms with E-state index in [1.165, 1.54) is 56.9 Å². The van der Waals surface area contributed by atoms with Gasteiger partial charge in [0.25, 0.3) is 10.1 Å².